The Morgan fingerprint density at radius 3 is 2.86 bits per heavy atom. The summed E-state index contributed by atoms with van der Waals surface area (Å²) in [5.41, 5.74) is 2.21. The fraction of sp³-hybridized carbons (Fsp3) is 0.320. The highest BCUT2D eigenvalue weighted by atomic mass is 32.2. The lowest BCUT2D eigenvalue weighted by Crippen LogP contribution is -2.52. The van der Waals surface area contributed by atoms with Crippen LogP contribution in [0.3, 0.4) is 0 Å². The topological polar surface area (TPSA) is 121 Å². The van der Waals surface area contributed by atoms with Crippen molar-refractivity contribution in [1.29, 1.82) is 0 Å². The van der Waals surface area contributed by atoms with E-state index < -0.39 is 11.3 Å². The Bertz CT molecular complexity index is 1320. The predicted molar refractivity (Wildman–Crippen MR) is 135 cm³/mol. The van der Waals surface area contributed by atoms with Crippen LogP contribution in [0.5, 0.6) is 11.6 Å². The van der Waals surface area contributed by atoms with Crippen molar-refractivity contribution in [3.05, 3.63) is 59.8 Å². The molecule has 184 valence electrons. The second-order valence-corrected chi connectivity index (χ2v) is 10.1. The van der Waals surface area contributed by atoms with Crippen LogP contribution in [0.15, 0.2) is 53.7 Å². The third-order valence-corrected chi connectivity index (χ3v) is 7.81. The van der Waals surface area contributed by atoms with E-state index in [4.69, 9.17) is 4.74 Å². The molecule has 1 aromatic carbocycles. The third-order valence-electron chi connectivity index (χ3n) is 6.52. The highest BCUT2D eigenvalue weighted by molar-refractivity contribution is 8.01. The van der Waals surface area contributed by atoms with E-state index in [1.807, 2.05) is 37.3 Å². The van der Waals surface area contributed by atoms with Crippen LogP contribution in [-0.2, 0) is 4.79 Å². The maximum atomic E-state index is 13.4. The molecular formula is C25H25N7O3S. The zero-order valence-corrected chi connectivity index (χ0v) is 20.4. The molecule has 1 fully saturated rings. The molecule has 6 rings (SSSR count). The second kappa shape index (κ2) is 9.40. The number of urea groups is 1. The molecule has 0 radical (unpaired) electrons. The number of carbonyl (C=O) groups excluding carboxylic acids is 2. The maximum Gasteiger partial charge on any atom is 0.328 e. The van der Waals surface area contributed by atoms with Crippen molar-refractivity contribution in [1.82, 2.24) is 31.1 Å². The number of anilines is 2. The minimum atomic E-state index is -0.490. The molecule has 3 amide bonds. The molecule has 3 aromatic rings. The Kier molecular flexibility index (Phi) is 5.94. The van der Waals surface area contributed by atoms with E-state index >= 15 is 0 Å². The Morgan fingerprint density at radius 2 is 2.08 bits per heavy atom. The van der Waals surface area contributed by atoms with E-state index in [-0.39, 0.29) is 18.0 Å². The number of piperidine rings is 1. The number of ether oxygens (including phenoxy) is 1. The Hall–Kier alpha value is -3.70. The van der Waals surface area contributed by atoms with Crippen LogP contribution in [0.25, 0.3) is 0 Å². The van der Waals surface area contributed by atoms with Gasteiger partial charge in [0.1, 0.15) is 16.0 Å². The summed E-state index contributed by atoms with van der Waals surface area (Å²) < 4.78 is 5.79. The number of benzene rings is 1. The number of aryl methyl sites for hydroxylation is 1. The second-order valence-electron chi connectivity index (χ2n) is 9.01. The van der Waals surface area contributed by atoms with Gasteiger partial charge in [-0.25, -0.2) is 14.7 Å². The standard InChI is InChI=1S/C25H25N7O3S/c1-14-12-18(35-16-7-3-2-4-8-16)30-31-22(14)32-17-9-11-27-24-19(17)20(29-25(32)34)21(36-24)23(33)28-15-6-5-10-26-13-15/h2-4,7-9,11-12,15,20-21,26H,5-6,10,13H2,1H3,(H,28,33)(H,29,34)/t15?,20?,21-/m1/s1. The fourth-order valence-electron chi connectivity index (χ4n) is 4.83. The van der Waals surface area contributed by atoms with Crippen molar-refractivity contribution in [3.8, 4) is 11.6 Å². The van der Waals surface area contributed by atoms with Crippen LogP contribution in [0, 0.1) is 6.92 Å². The van der Waals surface area contributed by atoms with Crippen molar-refractivity contribution in [2.45, 2.75) is 42.1 Å². The van der Waals surface area contributed by atoms with Crippen LogP contribution in [0.1, 0.15) is 30.0 Å². The molecule has 36 heavy (non-hydrogen) atoms. The molecule has 3 aliphatic rings. The van der Waals surface area contributed by atoms with E-state index in [2.05, 4.69) is 31.1 Å². The zero-order valence-electron chi connectivity index (χ0n) is 19.6. The summed E-state index contributed by atoms with van der Waals surface area (Å²) in [6.07, 6.45) is 3.63. The summed E-state index contributed by atoms with van der Waals surface area (Å²) in [4.78, 5) is 32.6. The van der Waals surface area contributed by atoms with Crippen LogP contribution < -0.4 is 25.6 Å². The Morgan fingerprint density at radius 1 is 1.22 bits per heavy atom. The number of hydrogen-bond donors (Lipinski definition) is 3. The molecule has 2 aromatic heterocycles. The lowest BCUT2D eigenvalue weighted by atomic mass is 9.99. The molecule has 1 saturated heterocycles. The third kappa shape index (κ3) is 4.14. The average molecular weight is 504 g/mol. The first-order valence-corrected chi connectivity index (χ1v) is 12.8. The Balaban J connectivity index is 1.27. The van der Waals surface area contributed by atoms with E-state index in [9.17, 15) is 9.59 Å². The minimum Gasteiger partial charge on any atom is -0.438 e. The molecule has 0 aliphatic carbocycles. The molecule has 0 spiro atoms. The number of carbonyl (C=O) groups is 2. The highest BCUT2D eigenvalue weighted by Crippen LogP contribution is 2.50. The molecule has 11 heteroatoms. The molecular weight excluding hydrogens is 478 g/mol. The largest absolute Gasteiger partial charge is 0.438 e. The van der Waals surface area contributed by atoms with Gasteiger partial charge in [-0.1, -0.05) is 30.0 Å². The summed E-state index contributed by atoms with van der Waals surface area (Å²) in [6.45, 7) is 3.58. The summed E-state index contributed by atoms with van der Waals surface area (Å²) in [5.74, 6) is 1.29. The number of hydrogen-bond acceptors (Lipinski definition) is 8. The SMILES string of the molecule is Cc1cc(Oc2ccccc2)nnc1N1C(=O)NC2c3c1ccnc3S[C@H]2C(=O)NC1CCCNC1. The molecule has 3 atom stereocenters. The van der Waals surface area contributed by atoms with E-state index in [0.29, 0.717) is 23.1 Å². The minimum absolute atomic E-state index is 0.0882. The quantitative estimate of drug-likeness (QED) is 0.485. The van der Waals surface area contributed by atoms with Gasteiger partial charge in [-0.2, -0.15) is 0 Å². The predicted octanol–water partition coefficient (Wildman–Crippen LogP) is 3.22. The highest BCUT2D eigenvalue weighted by Gasteiger charge is 2.47. The molecule has 10 nitrogen and oxygen atoms in total. The van der Waals surface area contributed by atoms with Crippen LogP contribution in [0.4, 0.5) is 16.3 Å². The van der Waals surface area contributed by atoms with Gasteiger partial charge in [0.25, 0.3) is 0 Å². The van der Waals surface area contributed by atoms with Gasteiger partial charge in [0.15, 0.2) is 5.82 Å². The van der Waals surface area contributed by atoms with Gasteiger partial charge in [0, 0.05) is 30.4 Å². The van der Waals surface area contributed by atoms with Gasteiger partial charge in [-0.05, 0) is 50.1 Å². The van der Waals surface area contributed by atoms with E-state index in [1.165, 1.54) is 16.7 Å². The maximum absolute atomic E-state index is 13.4. The summed E-state index contributed by atoms with van der Waals surface area (Å²) in [6, 6.07) is 12.1. The monoisotopic (exact) mass is 503 g/mol. The number of aromatic nitrogens is 3. The van der Waals surface area contributed by atoms with Gasteiger partial charge in [-0.15, -0.1) is 10.2 Å². The van der Waals surface area contributed by atoms with Gasteiger partial charge >= 0.3 is 6.03 Å². The molecule has 3 aliphatic heterocycles. The molecule has 2 unspecified atom stereocenters. The van der Waals surface area contributed by atoms with Crippen molar-refractivity contribution >= 4 is 35.2 Å². The van der Waals surface area contributed by atoms with Crippen LogP contribution >= 0.6 is 11.8 Å². The van der Waals surface area contributed by atoms with E-state index in [0.717, 1.165) is 42.1 Å². The lowest BCUT2D eigenvalue weighted by molar-refractivity contribution is -0.121. The van der Waals surface area contributed by atoms with E-state index in [1.54, 1.807) is 18.3 Å². The molecule has 3 N–H and O–H groups in total. The van der Waals surface area contributed by atoms with Gasteiger partial charge in [0.05, 0.1) is 11.7 Å². The average Bonchev–Trinajstić information content (AvgIpc) is 3.26. The first kappa shape index (κ1) is 22.7. The van der Waals surface area contributed by atoms with Crippen molar-refractivity contribution in [3.63, 3.8) is 0 Å². The number of nitrogens with one attached hydrogen (secondary N) is 3. The van der Waals surface area contributed by atoms with Crippen molar-refractivity contribution < 1.29 is 14.3 Å². The van der Waals surface area contributed by atoms with Crippen molar-refractivity contribution in [2.75, 3.05) is 18.0 Å². The van der Waals surface area contributed by atoms with Crippen LogP contribution in [0.2, 0.25) is 0 Å². The number of thioether (sulfide) groups is 1. The molecule has 0 saturated carbocycles. The number of nitrogens with zero attached hydrogens (tertiary/aromatic N) is 4. The van der Waals surface area contributed by atoms with Crippen molar-refractivity contribution in [2.24, 2.45) is 0 Å². The van der Waals surface area contributed by atoms with Gasteiger partial charge in [-0.3, -0.25) is 4.79 Å². The normalized spacial score (nSPS) is 22.5. The first-order chi connectivity index (χ1) is 17.6. The number of amides is 3. The van der Waals surface area contributed by atoms with Gasteiger partial charge in [0.2, 0.25) is 11.8 Å². The van der Waals surface area contributed by atoms with Crippen LogP contribution in [-0.4, -0.2) is 51.5 Å². The fourth-order valence-corrected chi connectivity index (χ4v) is 6.06. The molecule has 5 heterocycles. The molecule has 0 bridgehead atoms. The number of pyridine rings is 1. The first-order valence-electron chi connectivity index (χ1n) is 11.9. The lowest BCUT2D eigenvalue weighted by Gasteiger charge is -2.34. The summed E-state index contributed by atoms with van der Waals surface area (Å²) in [7, 11) is 0. The smallest absolute Gasteiger partial charge is 0.328 e. The zero-order chi connectivity index (χ0) is 24.6. The van der Waals surface area contributed by atoms with Gasteiger partial charge < -0.3 is 20.7 Å². The number of para-hydroxylation sites is 1. The summed E-state index contributed by atoms with van der Waals surface area (Å²) in [5, 5.41) is 18.3. The number of rotatable bonds is 5. The summed E-state index contributed by atoms with van der Waals surface area (Å²) >= 11 is 1.39. The Labute approximate surface area is 212 Å².